The summed E-state index contributed by atoms with van der Waals surface area (Å²) in [6, 6.07) is 6.36. The van der Waals surface area contributed by atoms with Crippen LogP contribution in [0.25, 0.3) is 0 Å². The Morgan fingerprint density at radius 1 is 1.47 bits per heavy atom. The average Bonchev–Trinajstić information content (AvgIpc) is 2.20. The molecule has 1 amide bonds. The molecule has 1 unspecified atom stereocenters. The minimum Gasteiger partial charge on any atom is -0.489 e. The molecule has 0 spiro atoms. The third kappa shape index (κ3) is 2.48. The van der Waals surface area contributed by atoms with E-state index in [2.05, 4.69) is 6.92 Å². The summed E-state index contributed by atoms with van der Waals surface area (Å²) in [4.78, 5) is 13.1. The first-order valence-electron chi connectivity index (χ1n) is 4.36. The zero-order valence-corrected chi connectivity index (χ0v) is 11.8. The molecule has 0 aliphatic carbocycles. The number of benzene rings is 1. The van der Waals surface area contributed by atoms with Crippen LogP contribution in [0.1, 0.15) is 0 Å². The largest absolute Gasteiger partial charge is 1.00 e. The summed E-state index contributed by atoms with van der Waals surface area (Å²) < 4.78 is 5.23. The van der Waals surface area contributed by atoms with E-state index in [1.807, 2.05) is 18.2 Å². The van der Waals surface area contributed by atoms with Gasteiger partial charge in [-0.1, -0.05) is 12.1 Å². The molecule has 0 saturated heterocycles. The molecule has 2 radical (unpaired) electrons. The van der Waals surface area contributed by atoms with Gasteiger partial charge in [-0.05, 0) is 12.1 Å². The van der Waals surface area contributed by atoms with Gasteiger partial charge in [0.05, 0.1) is 5.69 Å². The van der Waals surface area contributed by atoms with Crippen LogP contribution in [0.3, 0.4) is 0 Å². The third-order valence-corrected chi connectivity index (χ3v) is 2.14. The molecule has 1 aliphatic rings. The van der Waals surface area contributed by atoms with Gasteiger partial charge in [0, 0.05) is 0 Å². The first-order chi connectivity index (χ1) is 6.74. The van der Waals surface area contributed by atoms with Gasteiger partial charge in [-0.15, -0.1) is 6.54 Å². The monoisotopic (exact) mass is 225 g/mol. The molecule has 2 rings (SSSR count). The van der Waals surface area contributed by atoms with E-state index in [0.29, 0.717) is 12.3 Å². The predicted octanol–water partition coefficient (Wildman–Crippen LogP) is -2.26. The standard InChI is InChI=1S/C10H9BNO2.K/c1-2-12-7-5-3-4-6-8(7)14-9(11)10(12)13;/h3-6,9H,1-2H2;/q-1;+1. The fraction of sp³-hybridized carbons (Fsp3) is 0.200. The van der Waals surface area contributed by atoms with Crippen LogP contribution in [0.4, 0.5) is 5.69 Å². The van der Waals surface area contributed by atoms with E-state index in [4.69, 9.17) is 12.6 Å². The Hall–Kier alpha value is 0.191. The maximum Gasteiger partial charge on any atom is 1.00 e. The Labute approximate surface area is 133 Å². The van der Waals surface area contributed by atoms with Crippen molar-refractivity contribution in [2.75, 3.05) is 11.4 Å². The van der Waals surface area contributed by atoms with Crippen molar-refractivity contribution in [1.29, 1.82) is 0 Å². The summed E-state index contributed by atoms with van der Waals surface area (Å²) in [5.41, 5.74) is 0.731. The van der Waals surface area contributed by atoms with Crippen molar-refractivity contribution >= 4 is 19.4 Å². The zero-order valence-electron chi connectivity index (χ0n) is 8.64. The third-order valence-electron chi connectivity index (χ3n) is 2.14. The minimum atomic E-state index is -0.911. The predicted molar refractivity (Wildman–Crippen MR) is 54.3 cm³/mol. The molecule has 15 heavy (non-hydrogen) atoms. The molecule has 1 heterocycles. The fourth-order valence-corrected chi connectivity index (χ4v) is 1.47. The van der Waals surface area contributed by atoms with Crippen molar-refractivity contribution in [2.24, 2.45) is 0 Å². The zero-order chi connectivity index (χ0) is 10.1. The number of anilines is 1. The second-order valence-corrected chi connectivity index (χ2v) is 3.00. The molecule has 0 fully saturated rings. The SMILES string of the molecule is [B]C1Oc2ccccc2N(C[CH2-])C1=O.[K+]. The number of ether oxygens (including phenoxy) is 1. The number of rotatable bonds is 1. The second kappa shape index (κ2) is 5.50. The van der Waals surface area contributed by atoms with E-state index in [-0.39, 0.29) is 57.3 Å². The summed E-state index contributed by atoms with van der Waals surface area (Å²) in [6.07, 6.45) is 0. The molecule has 1 aromatic carbocycles. The van der Waals surface area contributed by atoms with Crippen LogP contribution in [-0.4, -0.2) is 26.3 Å². The Morgan fingerprint density at radius 3 is 2.80 bits per heavy atom. The van der Waals surface area contributed by atoms with Crippen LogP contribution in [0, 0.1) is 6.92 Å². The molecule has 1 aliphatic heterocycles. The molecule has 0 aromatic heterocycles. The maximum absolute atomic E-state index is 11.6. The normalized spacial score (nSPS) is 18.9. The van der Waals surface area contributed by atoms with Gasteiger partial charge in [0.1, 0.15) is 19.6 Å². The number of fused-ring (bicyclic) bond motifs is 1. The summed E-state index contributed by atoms with van der Waals surface area (Å²) >= 11 is 0. The van der Waals surface area contributed by atoms with Gasteiger partial charge in [-0.2, -0.15) is 0 Å². The number of nitrogens with zero attached hydrogens (tertiary/aromatic N) is 1. The van der Waals surface area contributed by atoms with Crippen molar-refractivity contribution in [2.45, 2.75) is 6.00 Å². The van der Waals surface area contributed by atoms with E-state index in [0.717, 1.165) is 5.69 Å². The molecule has 1 atom stereocenters. The van der Waals surface area contributed by atoms with Gasteiger partial charge in [0.25, 0.3) is 5.91 Å². The van der Waals surface area contributed by atoms with Crippen LogP contribution in [0.15, 0.2) is 24.3 Å². The van der Waals surface area contributed by atoms with E-state index < -0.39 is 6.00 Å². The van der Waals surface area contributed by atoms with Crippen molar-refractivity contribution in [3.05, 3.63) is 31.2 Å². The number of carbonyl (C=O) groups is 1. The van der Waals surface area contributed by atoms with Crippen molar-refractivity contribution in [3.8, 4) is 5.75 Å². The second-order valence-electron chi connectivity index (χ2n) is 3.00. The average molecular weight is 225 g/mol. The molecular formula is C10H9BKNO2. The molecule has 0 bridgehead atoms. The van der Waals surface area contributed by atoms with Crippen molar-refractivity contribution in [1.82, 2.24) is 0 Å². The van der Waals surface area contributed by atoms with Crippen LogP contribution in [0.5, 0.6) is 5.75 Å². The smallest absolute Gasteiger partial charge is 0.489 e. The number of hydrogen-bond donors (Lipinski definition) is 0. The van der Waals surface area contributed by atoms with E-state index >= 15 is 0 Å². The molecule has 3 nitrogen and oxygen atoms in total. The summed E-state index contributed by atoms with van der Waals surface area (Å²) in [7, 11) is 5.52. The van der Waals surface area contributed by atoms with Gasteiger partial charge < -0.3 is 16.6 Å². The van der Waals surface area contributed by atoms with E-state index in [1.165, 1.54) is 4.90 Å². The first-order valence-corrected chi connectivity index (χ1v) is 4.36. The quantitative estimate of drug-likeness (QED) is 0.399. The Kier molecular flexibility index (Phi) is 4.86. The topological polar surface area (TPSA) is 29.5 Å². The molecule has 1 aromatic rings. The Balaban J connectivity index is 0.00000112. The maximum atomic E-state index is 11.6. The van der Waals surface area contributed by atoms with Crippen LogP contribution < -0.4 is 61.0 Å². The van der Waals surface area contributed by atoms with Gasteiger partial charge in [0.15, 0.2) is 0 Å². The minimum absolute atomic E-state index is 0. The molecule has 5 heteroatoms. The molecule has 0 saturated carbocycles. The molecular weight excluding hydrogens is 216 g/mol. The Bertz CT molecular complexity index is 372. The summed E-state index contributed by atoms with van der Waals surface area (Å²) in [5.74, 6) is 0.377. The van der Waals surface area contributed by atoms with Crippen molar-refractivity contribution < 1.29 is 60.9 Å². The number of amides is 1. The fourth-order valence-electron chi connectivity index (χ4n) is 1.47. The molecule has 70 valence electrons. The van der Waals surface area contributed by atoms with Gasteiger partial charge in [0.2, 0.25) is 0 Å². The summed E-state index contributed by atoms with van der Waals surface area (Å²) in [6.45, 7) is 4.04. The van der Waals surface area contributed by atoms with Crippen LogP contribution >= 0.6 is 0 Å². The van der Waals surface area contributed by atoms with Crippen molar-refractivity contribution in [3.63, 3.8) is 0 Å². The number of carbonyl (C=O) groups excluding carboxylic acids is 1. The number of para-hydroxylation sites is 2. The first kappa shape index (κ1) is 13.3. The van der Waals surface area contributed by atoms with Crippen LogP contribution in [0.2, 0.25) is 0 Å². The van der Waals surface area contributed by atoms with Gasteiger partial charge >= 0.3 is 51.4 Å². The van der Waals surface area contributed by atoms with E-state index in [9.17, 15) is 4.79 Å². The summed E-state index contributed by atoms with van der Waals surface area (Å²) in [5, 5.41) is 0. The number of hydrogen-bond acceptors (Lipinski definition) is 2. The van der Waals surface area contributed by atoms with Gasteiger partial charge in [-0.3, -0.25) is 4.79 Å². The van der Waals surface area contributed by atoms with Crippen LogP contribution in [-0.2, 0) is 4.79 Å². The van der Waals surface area contributed by atoms with E-state index in [1.54, 1.807) is 6.07 Å². The molecule has 0 N–H and O–H groups in total. The Morgan fingerprint density at radius 2 is 2.13 bits per heavy atom. The van der Waals surface area contributed by atoms with Gasteiger partial charge in [-0.25, -0.2) is 0 Å².